The van der Waals surface area contributed by atoms with Gasteiger partial charge >= 0.3 is 5.97 Å². The first-order valence-corrected chi connectivity index (χ1v) is 13.6. The smallest absolute Gasteiger partial charge is 0.354 e. The van der Waals surface area contributed by atoms with Crippen LogP contribution in [0.2, 0.25) is 0 Å². The fraction of sp³-hybridized carbons (Fsp3) is 0. The molecular weight excluding hydrogens is 715 g/mol. The maximum Gasteiger partial charge on any atom is 0.354 e. The van der Waals surface area contributed by atoms with Crippen molar-refractivity contribution in [3.63, 3.8) is 0 Å². The van der Waals surface area contributed by atoms with Crippen molar-refractivity contribution in [3.05, 3.63) is 139 Å². The summed E-state index contributed by atoms with van der Waals surface area (Å²) < 4.78 is 2.45. The number of carboxylic acid groups (broad SMARTS) is 1. The monoisotopic (exact) mass is 736 g/mol. The zero-order valence-electron chi connectivity index (χ0n) is 20.9. The van der Waals surface area contributed by atoms with Gasteiger partial charge in [-0.05, 0) is 36.4 Å². The van der Waals surface area contributed by atoms with Crippen LogP contribution in [0.1, 0.15) is 10.5 Å². The second-order valence-corrected chi connectivity index (χ2v) is 10.1. The molecule has 1 N–H and O–H groups in total. The summed E-state index contributed by atoms with van der Waals surface area (Å²) in [7, 11) is 0. The van der Waals surface area contributed by atoms with E-state index in [-0.39, 0.29) is 25.8 Å². The topological polar surface area (TPSA) is 76.0 Å². The molecule has 3 aromatic heterocycles. The minimum absolute atomic E-state index is 0. The van der Waals surface area contributed by atoms with Gasteiger partial charge in [-0.25, -0.2) is 9.78 Å². The largest absolute Gasteiger partial charge is 0.477 e. The Morgan fingerprint density at radius 2 is 1.10 bits per heavy atom. The number of aromatic carboxylic acids is 1. The van der Waals surface area contributed by atoms with Gasteiger partial charge in [-0.1, -0.05) is 30.3 Å². The van der Waals surface area contributed by atoms with E-state index in [1.54, 1.807) is 34.8 Å². The van der Waals surface area contributed by atoms with Crippen LogP contribution in [0.3, 0.4) is 0 Å². The van der Waals surface area contributed by atoms with Crippen LogP contribution < -0.4 is 0 Å². The number of carbonyl (C=O) groups is 1. The van der Waals surface area contributed by atoms with Crippen molar-refractivity contribution in [1.82, 2.24) is 15.0 Å². The number of rotatable bonds is 3. The van der Waals surface area contributed by atoms with Crippen molar-refractivity contribution < 1.29 is 30.0 Å². The van der Waals surface area contributed by atoms with Gasteiger partial charge in [0, 0.05) is 45.7 Å². The first-order valence-electron chi connectivity index (χ1n) is 12.0. The predicted octanol–water partition coefficient (Wildman–Crippen LogP) is 8.30. The van der Waals surface area contributed by atoms with Crippen LogP contribution in [-0.4, -0.2) is 26.0 Å². The number of thiazole rings is 2. The van der Waals surface area contributed by atoms with E-state index < -0.39 is 5.97 Å². The summed E-state index contributed by atoms with van der Waals surface area (Å²) in [5, 5.41) is 10.4. The van der Waals surface area contributed by atoms with Crippen molar-refractivity contribution in [1.29, 1.82) is 0 Å². The first kappa shape index (κ1) is 28.9. The fourth-order valence-electron chi connectivity index (χ4n) is 3.52. The molecule has 0 saturated heterocycles. The summed E-state index contributed by atoms with van der Waals surface area (Å²) in [5.41, 5.74) is 4.35. The van der Waals surface area contributed by atoms with Gasteiger partial charge in [0.1, 0.15) is 5.69 Å². The maximum atomic E-state index is 10.1. The minimum Gasteiger partial charge on any atom is -0.477 e. The van der Waals surface area contributed by atoms with E-state index in [9.17, 15) is 4.79 Å². The molecule has 0 aliphatic carbocycles. The summed E-state index contributed by atoms with van der Waals surface area (Å²) in [6.45, 7) is 0. The van der Waals surface area contributed by atoms with E-state index in [4.69, 9.17) is 5.11 Å². The Kier molecular flexibility index (Phi) is 10.4. The number of nitrogens with zero attached hydrogens (tertiary/aromatic N) is 3. The molecule has 1 radical (unpaired) electrons. The zero-order valence-corrected chi connectivity index (χ0v) is 24.9. The molecule has 0 unspecified atom stereocenters. The predicted molar refractivity (Wildman–Crippen MR) is 159 cm³/mol. The van der Waals surface area contributed by atoms with E-state index in [1.807, 2.05) is 84.9 Å². The minimum atomic E-state index is -0.990. The van der Waals surface area contributed by atoms with Crippen LogP contribution in [0.5, 0.6) is 0 Å². The van der Waals surface area contributed by atoms with Crippen LogP contribution in [-0.2, 0) is 20.1 Å². The molecule has 0 fully saturated rings. The maximum absolute atomic E-state index is 10.1. The van der Waals surface area contributed by atoms with Crippen LogP contribution >= 0.6 is 22.7 Å². The quantitative estimate of drug-likeness (QED) is 0.185. The molecule has 0 bridgehead atoms. The molecule has 5 nitrogen and oxygen atoms in total. The molecular formula is C32H21IrN3O2S2-2. The van der Waals surface area contributed by atoms with Gasteiger partial charge in [0.05, 0.1) is 11.0 Å². The Balaban J connectivity index is 0.000000142. The third-order valence-corrected chi connectivity index (χ3v) is 7.49. The molecule has 40 heavy (non-hydrogen) atoms. The number of aromatic nitrogens is 3. The van der Waals surface area contributed by atoms with Crippen LogP contribution in [0.25, 0.3) is 41.6 Å². The average molecular weight is 736 g/mol. The fourth-order valence-corrected chi connectivity index (χ4v) is 5.42. The van der Waals surface area contributed by atoms with Crippen LogP contribution in [0.15, 0.2) is 121 Å². The summed E-state index contributed by atoms with van der Waals surface area (Å²) >= 11 is 3.42. The molecule has 4 aromatic carbocycles. The standard InChI is InChI=1S/2C13H8NS.C6H5NO2.Ir/c2*1-2-6-10(7-3-1)13-14-11-8-4-5-9-12(11)15-13;8-6(9)5-3-1-2-4-7-5;/h2*1-6,8-9H;1-4H,(H,8,9);/q2*-1;;. The normalized spacial score (nSPS) is 10.0. The van der Waals surface area contributed by atoms with Gasteiger partial charge in [-0.2, -0.15) is 22.7 Å². The Labute approximate surface area is 253 Å². The number of hydrogen-bond acceptors (Lipinski definition) is 6. The molecule has 0 saturated carbocycles. The van der Waals surface area contributed by atoms with Gasteiger partial charge in [0.2, 0.25) is 0 Å². The molecule has 7 rings (SSSR count). The molecule has 199 valence electrons. The van der Waals surface area contributed by atoms with Gasteiger partial charge in [0.25, 0.3) is 0 Å². The van der Waals surface area contributed by atoms with Crippen LogP contribution in [0, 0.1) is 12.1 Å². The number of fused-ring (bicyclic) bond motifs is 2. The average Bonchev–Trinajstić information content (AvgIpc) is 3.64. The number of benzene rings is 4. The summed E-state index contributed by atoms with van der Waals surface area (Å²) in [6.07, 6.45) is 1.45. The van der Waals surface area contributed by atoms with E-state index in [0.717, 1.165) is 32.2 Å². The Bertz CT molecular complexity index is 1620. The second-order valence-electron chi connectivity index (χ2n) is 8.05. The SMILES string of the molecule is O=C(O)c1ccccn1.[Ir].[c-]1ccccc1-c1nc2ccccc2s1.[c-]1ccccc1-c1nc2ccccc2s1. The summed E-state index contributed by atoms with van der Waals surface area (Å²) in [4.78, 5) is 22.9. The van der Waals surface area contributed by atoms with Crippen molar-refractivity contribution in [2.45, 2.75) is 0 Å². The molecule has 0 aliphatic rings. The molecule has 7 aromatic rings. The molecule has 0 aliphatic heterocycles. The molecule has 0 amide bonds. The van der Waals surface area contributed by atoms with Gasteiger partial charge in [0.15, 0.2) is 0 Å². The number of para-hydroxylation sites is 2. The van der Waals surface area contributed by atoms with Crippen molar-refractivity contribution in [3.8, 4) is 21.1 Å². The number of pyridine rings is 1. The van der Waals surface area contributed by atoms with Crippen LogP contribution in [0.4, 0.5) is 0 Å². The first-order chi connectivity index (χ1) is 19.2. The second kappa shape index (κ2) is 14.4. The van der Waals surface area contributed by atoms with Gasteiger partial charge in [-0.15, -0.1) is 71.8 Å². The molecule has 3 heterocycles. The third kappa shape index (κ3) is 7.52. The molecule has 8 heteroatoms. The van der Waals surface area contributed by atoms with Crippen molar-refractivity contribution >= 4 is 49.1 Å². The molecule has 0 spiro atoms. The Morgan fingerprint density at radius 1 is 0.625 bits per heavy atom. The van der Waals surface area contributed by atoms with E-state index in [0.29, 0.717) is 0 Å². The van der Waals surface area contributed by atoms with E-state index >= 15 is 0 Å². The van der Waals surface area contributed by atoms with Gasteiger partial charge in [-0.3, -0.25) is 9.97 Å². The van der Waals surface area contributed by atoms with Gasteiger partial charge < -0.3 is 5.11 Å². The molecule has 0 atom stereocenters. The summed E-state index contributed by atoms with van der Waals surface area (Å²) in [6, 6.07) is 43.4. The number of hydrogen-bond donors (Lipinski definition) is 1. The Hall–Kier alpha value is -4.07. The zero-order chi connectivity index (χ0) is 26.9. The third-order valence-electron chi connectivity index (χ3n) is 5.35. The number of carboxylic acids is 1. The van der Waals surface area contributed by atoms with Crippen molar-refractivity contribution in [2.24, 2.45) is 0 Å². The van der Waals surface area contributed by atoms with E-state index in [1.165, 1.54) is 21.7 Å². The van der Waals surface area contributed by atoms with E-state index in [2.05, 4.69) is 39.2 Å². The van der Waals surface area contributed by atoms with Crippen molar-refractivity contribution in [2.75, 3.05) is 0 Å². The summed E-state index contributed by atoms with van der Waals surface area (Å²) in [5.74, 6) is -0.990. The Morgan fingerprint density at radius 3 is 1.48 bits per heavy atom.